The highest BCUT2D eigenvalue weighted by molar-refractivity contribution is 9.10. The molecule has 1 aromatic heterocycles. The Balaban J connectivity index is 1.89. The van der Waals surface area contributed by atoms with Crippen LogP contribution in [0.1, 0.15) is 63.2 Å². The fraction of sp³-hybridized carbons (Fsp3) is 0.647. The Bertz CT molecular complexity index is 493. The van der Waals surface area contributed by atoms with Gasteiger partial charge in [-0.25, -0.2) is 4.98 Å². The van der Waals surface area contributed by atoms with E-state index >= 15 is 0 Å². The van der Waals surface area contributed by atoms with E-state index in [4.69, 9.17) is 0 Å². The number of amides is 1. The predicted octanol–water partition coefficient (Wildman–Crippen LogP) is 4.57. The molecule has 0 spiro atoms. The number of nitrogens with zero attached hydrogens (tertiary/aromatic N) is 1. The van der Waals surface area contributed by atoms with E-state index in [1.807, 2.05) is 0 Å². The lowest BCUT2D eigenvalue weighted by atomic mass is 9.69. The number of halogens is 1. The Kier molecular flexibility index (Phi) is 5.42. The van der Waals surface area contributed by atoms with Crippen LogP contribution in [0.15, 0.2) is 22.9 Å². The molecule has 2 rings (SSSR count). The standard InChI is InChI=1S/C17H25BrN2O/c1-4-17(2,3)12-7-9-13(10-8-12)20-16(21)14-6-5-11-19-15(14)18/h5-6,11-13H,4,7-10H2,1-3H3,(H,20,21). The summed E-state index contributed by atoms with van der Waals surface area (Å²) in [5, 5.41) is 3.16. The monoisotopic (exact) mass is 352 g/mol. The first-order valence-electron chi connectivity index (χ1n) is 7.85. The molecule has 1 heterocycles. The van der Waals surface area contributed by atoms with Gasteiger partial charge in [0.05, 0.1) is 5.56 Å². The molecule has 0 aromatic carbocycles. The van der Waals surface area contributed by atoms with Crippen LogP contribution in [0, 0.1) is 11.3 Å². The number of rotatable bonds is 4. The van der Waals surface area contributed by atoms with Crippen LogP contribution in [-0.2, 0) is 0 Å². The zero-order valence-electron chi connectivity index (χ0n) is 13.2. The second kappa shape index (κ2) is 6.91. The van der Waals surface area contributed by atoms with E-state index in [9.17, 15) is 4.79 Å². The van der Waals surface area contributed by atoms with E-state index in [0.29, 0.717) is 21.6 Å². The number of aromatic nitrogens is 1. The summed E-state index contributed by atoms with van der Waals surface area (Å²) < 4.78 is 0.614. The van der Waals surface area contributed by atoms with Crippen LogP contribution in [0.5, 0.6) is 0 Å². The molecule has 0 atom stereocenters. The molecule has 3 nitrogen and oxygen atoms in total. The third-order valence-corrected chi connectivity index (χ3v) is 5.71. The smallest absolute Gasteiger partial charge is 0.254 e. The topological polar surface area (TPSA) is 42.0 Å². The van der Waals surface area contributed by atoms with Crippen LogP contribution >= 0.6 is 15.9 Å². The summed E-state index contributed by atoms with van der Waals surface area (Å²) in [5.41, 5.74) is 1.04. The van der Waals surface area contributed by atoms with Gasteiger partial charge in [-0.3, -0.25) is 4.79 Å². The van der Waals surface area contributed by atoms with E-state index in [2.05, 4.69) is 47.0 Å². The summed E-state index contributed by atoms with van der Waals surface area (Å²) >= 11 is 3.33. The average Bonchev–Trinajstić information content (AvgIpc) is 2.48. The van der Waals surface area contributed by atoms with Crippen LogP contribution in [0.3, 0.4) is 0 Å². The molecule has 0 radical (unpaired) electrons. The fourth-order valence-electron chi connectivity index (χ4n) is 3.13. The zero-order chi connectivity index (χ0) is 15.5. The number of hydrogen-bond donors (Lipinski definition) is 1. The van der Waals surface area contributed by atoms with Gasteiger partial charge in [0, 0.05) is 12.2 Å². The molecule has 1 aromatic rings. The zero-order valence-corrected chi connectivity index (χ0v) is 14.7. The number of hydrogen-bond acceptors (Lipinski definition) is 2. The van der Waals surface area contributed by atoms with Crippen molar-refractivity contribution in [2.45, 2.75) is 58.9 Å². The van der Waals surface area contributed by atoms with Gasteiger partial charge >= 0.3 is 0 Å². The van der Waals surface area contributed by atoms with Crippen molar-refractivity contribution in [3.63, 3.8) is 0 Å². The van der Waals surface area contributed by atoms with Crippen molar-refractivity contribution in [2.24, 2.45) is 11.3 Å². The van der Waals surface area contributed by atoms with Gasteiger partial charge in [0.1, 0.15) is 4.60 Å². The van der Waals surface area contributed by atoms with Crippen LogP contribution < -0.4 is 5.32 Å². The minimum atomic E-state index is -0.0202. The van der Waals surface area contributed by atoms with E-state index in [0.717, 1.165) is 18.8 Å². The first-order chi connectivity index (χ1) is 9.94. The van der Waals surface area contributed by atoms with Crippen LogP contribution in [-0.4, -0.2) is 16.9 Å². The van der Waals surface area contributed by atoms with Crippen LogP contribution in [0.4, 0.5) is 0 Å². The molecule has 0 bridgehead atoms. The lowest BCUT2D eigenvalue weighted by Crippen LogP contribution is -2.40. The van der Waals surface area contributed by atoms with E-state index < -0.39 is 0 Å². The van der Waals surface area contributed by atoms with Gasteiger partial charge in [-0.2, -0.15) is 0 Å². The summed E-state index contributed by atoms with van der Waals surface area (Å²) in [6.45, 7) is 7.00. The summed E-state index contributed by atoms with van der Waals surface area (Å²) in [4.78, 5) is 16.4. The third-order valence-electron chi connectivity index (χ3n) is 5.08. The van der Waals surface area contributed by atoms with Crippen molar-refractivity contribution in [1.29, 1.82) is 0 Å². The maximum Gasteiger partial charge on any atom is 0.254 e. The Labute approximate surface area is 136 Å². The molecule has 0 saturated heterocycles. The van der Waals surface area contributed by atoms with E-state index in [-0.39, 0.29) is 5.91 Å². The lowest BCUT2D eigenvalue weighted by Gasteiger charge is -2.39. The van der Waals surface area contributed by atoms with Crippen LogP contribution in [0.25, 0.3) is 0 Å². The third kappa shape index (κ3) is 4.06. The molecular formula is C17H25BrN2O. The summed E-state index contributed by atoms with van der Waals surface area (Å²) in [5.74, 6) is 0.758. The number of nitrogens with one attached hydrogen (secondary N) is 1. The molecule has 1 aliphatic rings. The minimum Gasteiger partial charge on any atom is -0.349 e. The highest BCUT2D eigenvalue weighted by Crippen LogP contribution is 2.40. The largest absolute Gasteiger partial charge is 0.349 e. The average molecular weight is 353 g/mol. The quantitative estimate of drug-likeness (QED) is 0.806. The fourth-order valence-corrected chi connectivity index (χ4v) is 3.56. The van der Waals surface area contributed by atoms with Gasteiger partial charge in [-0.1, -0.05) is 27.2 Å². The molecule has 1 amide bonds. The van der Waals surface area contributed by atoms with Crippen molar-refractivity contribution in [2.75, 3.05) is 0 Å². The molecular weight excluding hydrogens is 328 g/mol. The van der Waals surface area contributed by atoms with Crippen molar-refractivity contribution < 1.29 is 4.79 Å². The molecule has 0 aliphatic heterocycles. The summed E-state index contributed by atoms with van der Waals surface area (Å²) in [7, 11) is 0. The minimum absolute atomic E-state index is 0.0202. The summed E-state index contributed by atoms with van der Waals surface area (Å²) in [6, 6.07) is 3.90. The van der Waals surface area contributed by atoms with Gasteiger partial charge < -0.3 is 5.32 Å². The van der Waals surface area contributed by atoms with Gasteiger partial charge in [0.15, 0.2) is 0 Å². The lowest BCUT2D eigenvalue weighted by molar-refractivity contribution is 0.0892. The Morgan fingerprint density at radius 1 is 1.38 bits per heavy atom. The molecule has 1 saturated carbocycles. The number of carbonyl (C=O) groups excluding carboxylic acids is 1. The number of pyridine rings is 1. The highest BCUT2D eigenvalue weighted by Gasteiger charge is 2.32. The van der Waals surface area contributed by atoms with Crippen molar-refractivity contribution in [3.05, 3.63) is 28.5 Å². The number of carbonyl (C=O) groups is 1. The molecule has 0 unspecified atom stereocenters. The maximum atomic E-state index is 12.3. The van der Waals surface area contributed by atoms with Gasteiger partial charge in [-0.15, -0.1) is 0 Å². The van der Waals surface area contributed by atoms with Gasteiger partial charge in [-0.05, 0) is 65.1 Å². The Morgan fingerprint density at radius 3 is 2.62 bits per heavy atom. The summed E-state index contributed by atoms with van der Waals surface area (Å²) in [6.07, 6.45) is 7.48. The first kappa shape index (κ1) is 16.5. The van der Waals surface area contributed by atoms with Gasteiger partial charge in [0.25, 0.3) is 5.91 Å². The maximum absolute atomic E-state index is 12.3. The second-order valence-electron chi connectivity index (χ2n) is 6.71. The Morgan fingerprint density at radius 2 is 2.05 bits per heavy atom. The second-order valence-corrected chi connectivity index (χ2v) is 7.46. The highest BCUT2D eigenvalue weighted by atomic mass is 79.9. The Hall–Kier alpha value is -0.900. The molecule has 1 fully saturated rings. The predicted molar refractivity (Wildman–Crippen MR) is 89.2 cm³/mol. The molecule has 1 aliphatic carbocycles. The van der Waals surface area contributed by atoms with E-state index in [1.54, 1.807) is 18.3 Å². The van der Waals surface area contributed by atoms with Crippen LogP contribution in [0.2, 0.25) is 0 Å². The van der Waals surface area contributed by atoms with Gasteiger partial charge in [0.2, 0.25) is 0 Å². The SMILES string of the molecule is CCC(C)(C)C1CCC(NC(=O)c2cccnc2Br)CC1. The molecule has 21 heavy (non-hydrogen) atoms. The molecule has 1 N–H and O–H groups in total. The van der Waals surface area contributed by atoms with E-state index in [1.165, 1.54) is 19.3 Å². The normalized spacial score (nSPS) is 22.9. The van der Waals surface area contributed by atoms with Crippen molar-refractivity contribution in [1.82, 2.24) is 10.3 Å². The molecule has 116 valence electrons. The molecule has 4 heteroatoms. The van der Waals surface area contributed by atoms with Crippen molar-refractivity contribution in [3.8, 4) is 0 Å². The van der Waals surface area contributed by atoms with Crippen molar-refractivity contribution >= 4 is 21.8 Å². The first-order valence-corrected chi connectivity index (χ1v) is 8.64.